The van der Waals surface area contributed by atoms with Crippen molar-refractivity contribution < 1.29 is 4.39 Å². The van der Waals surface area contributed by atoms with Gasteiger partial charge in [-0.3, -0.25) is 4.57 Å². The number of nitriles is 2. The Morgan fingerprint density at radius 3 is 1.75 bits per heavy atom. The van der Waals surface area contributed by atoms with Gasteiger partial charge in [0, 0.05) is 38.7 Å². The van der Waals surface area contributed by atoms with E-state index < -0.39 is 5.82 Å². The maximum Gasteiger partial charge on any atom is 0.157 e. The van der Waals surface area contributed by atoms with Gasteiger partial charge in [0.05, 0.1) is 33.1 Å². The number of benzene rings is 7. The second-order valence-electron chi connectivity index (χ2n) is 13.2. The first kappa shape index (κ1) is 30.3. The topological polar surface area (TPSA) is 70.3 Å². The summed E-state index contributed by atoms with van der Waals surface area (Å²) < 4.78 is 18.6. The average Bonchev–Trinajstić information content (AvgIpc) is 3.72. The van der Waals surface area contributed by atoms with Gasteiger partial charge in [0.2, 0.25) is 0 Å². The summed E-state index contributed by atoms with van der Waals surface area (Å²) in [5.74, 6) is -0.165. The van der Waals surface area contributed by atoms with Gasteiger partial charge < -0.3 is 4.57 Å². The molecule has 3 aromatic heterocycles. The standard InChI is InChI=1S/C47H26FN5/c48-33-18-22-35-40(27-49)41(28-50)47(51-42(35)26-33)53-44-13-7-5-11-37(44)39-24-31(17-23-45(39)53)32-16-21-38-36-10-4-6-12-43(36)52(46(38)25-32)34-19-14-30(15-20-34)29-8-2-1-3-9-29/h1-26H. The van der Waals surface area contributed by atoms with Gasteiger partial charge in [-0.25, -0.2) is 9.37 Å². The molecule has 0 aliphatic heterocycles. The van der Waals surface area contributed by atoms with Crippen molar-refractivity contribution in [1.29, 1.82) is 10.5 Å². The van der Waals surface area contributed by atoms with Crippen LogP contribution in [0, 0.1) is 28.5 Å². The van der Waals surface area contributed by atoms with E-state index in [0.29, 0.717) is 16.7 Å². The molecule has 0 bridgehead atoms. The molecule has 0 atom stereocenters. The lowest BCUT2D eigenvalue weighted by molar-refractivity contribution is 0.629. The maximum atomic E-state index is 14.4. The molecule has 0 amide bonds. The summed E-state index contributed by atoms with van der Waals surface area (Å²) in [5.41, 5.74) is 10.1. The molecule has 0 saturated heterocycles. The van der Waals surface area contributed by atoms with E-state index in [9.17, 15) is 14.9 Å². The molecule has 6 heteroatoms. The van der Waals surface area contributed by atoms with E-state index in [1.807, 2.05) is 34.9 Å². The number of rotatable bonds is 4. The van der Waals surface area contributed by atoms with E-state index in [1.165, 1.54) is 40.1 Å². The highest BCUT2D eigenvalue weighted by Gasteiger charge is 2.22. The van der Waals surface area contributed by atoms with Crippen molar-refractivity contribution in [2.75, 3.05) is 0 Å². The van der Waals surface area contributed by atoms with Crippen LogP contribution >= 0.6 is 0 Å². The summed E-state index contributed by atoms with van der Waals surface area (Å²) in [4.78, 5) is 4.80. The van der Waals surface area contributed by atoms with Crippen molar-refractivity contribution in [3.8, 4) is 45.9 Å². The maximum absolute atomic E-state index is 14.4. The third-order valence-electron chi connectivity index (χ3n) is 10.3. The van der Waals surface area contributed by atoms with Gasteiger partial charge >= 0.3 is 0 Å². The van der Waals surface area contributed by atoms with Crippen LogP contribution in [0.1, 0.15) is 11.1 Å². The lowest BCUT2D eigenvalue weighted by Gasteiger charge is -2.12. The van der Waals surface area contributed by atoms with Gasteiger partial charge in [-0.15, -0.1) is 0 Å². The van der Waals surface area contributed by atoms with Crippen molar-refractivity contribution in [1.82, 2.24) is 14.1 Å². The molecule has 0 aliphatic carbocycles. The highest BCUT2D eigenvalue weighted by molar-refractivity contribution is 6.12. The zero-order valence-corrected chi connectivity index (χ0v) is 28.1. The first-order chi connectivity index (χ1) is 26.1. The van der Waals surface area contributed by atoms with Crippen LogP contribution in [0.25, 0.3) is 88.3 Å². The highest BCUT2D eigenvalue weighted by atomic mass is 19.1. The van der Waals surface area contributed by atoms with Crippen LogP contribution in [0.4, 0.5) is 4.39 Å². The number of halogens is 1. The van der Waals surface area contributed by atoms with Crippen LogP contribution in [0.5, 0.6) is 0 Å². The second-order valence-corrected chi connectivity index (χ2v) is 13.2. The van der Waals surface area contributed by atoms with Crippen LogP contribution in [-0.2, 0) is 0 Å². The van der Waals surface area contributed by atoms with Gasteiger partial charge in [0.25, 0.3) is 0 Å². The van der Waals surface area contributed by atoms with Crippen LogP contribution in [-0.4, -0.2) is 14.1 Å². The summed E-state index contributed by atoms with van der Waals surface area (Å²) in [6.45, 7) is 0. The molecule has 3 heterocycles. The van der Waals surface area contributed by atoms with Crippen LogP contribution in [0.15, 0.2) is 158 Å². The van der Waals surface area contributed by atoms with Crippen molar-refractivity contribution in [3.63, 3.8) is 0 Å². The minimum absolute atomic E-state index is 0.147. The Kier molecular flexibility index (Phi) is 6.73. The number of para-hydroxylation sites is 2. The van der Waals surface area contributed by atoms with E-state index in [-0.39, 0.29) is 11.1 Å². The smallest absolute Gasteiger partial charge is 0.157 e. The van der Waals surface area contributed by atoms with Gasteiger partial charge in [0.15, 0.2) is 5.82 Å². The molecule has 0 unspecified atom stereocenters. The number of fused-ring (bicyclic) bond motifs is 7. The van der Waals surface area contributed by atoms with E-state index in [4.69, 9.17) is 4.98 Å². The third-order valence-corrected chi connectivity index (χ3v) is 10.3. The normalized spacial score (nSPS) is 11.5. The fourth-order valence-electron chi connectivity index (χ4n) is 7.85. The number of hydrogen-bond donors (Lipinski definition) is 0. The third kappa shape index (κ3) is 4.64. The molecule has 53 heavy (non-hydrogen) atoms. The number of nitrogens with zero attached hydrogens (tertiary/aromatic N) is 5. The Morgan fingerprint density at radius 2 is 1.00 bits per heavy atom. The molecule has 0 N–H and O–H groups in total. The molecule has 0 radical (unpaired) electrons. The zero-order valence-electron chi connectivity index (χ0n) is 28.1. The molecule has 246 valence electrons. The Labute approximate surface area is 303 Å². The monoisotopic (exact) mass is 679 g/mol. The summed E-state index contributed by atoms with van der Waals surface area (Å²) in [7, 11) is 0. The summed E-state index contributed by atoms with van der Waals surface area (Å²) >= 11 is 0. The van der Waals surface area contributed by atoms with E-state index in [2.05, 4.69) is 126 Å². The molecule has 0 spiro atoms. The predicted molar refractivity (Wildman–Crippen MR) is 211 cm³/mol. The highest BCUT2D eigenvalue weighted by Crippen LogP contribution is 2.39. The molecule has 7 aromatic carbocycles. The Balaban J connectivity index is 1.17. The lowest BCUT2D eigenvalue weighted by atomic mass is 10.0. The first-order valence-electron chi connectivity index (χ1n) is 17.3. The van der Waals surface area contributed by atoms with Crippen molar-refractivity contribution in [2.24, 2.45) is 0 Å². The second kappa shape index (κ2) is 11.8. The van der Waals surface area contributed by atoms with E-state index in [0.717, 1.165) is 49.7 Å². The van der Waals surface area contributed by atoms with Crippen molar-refractivity contribution in [2.45, 2.75) is 0 Å². The van der Waals surface area contributed by atoms with Gasteiger partial charge in [-0.1, -0.05) is 97.1 Å². The largest absolute Gasteiger partial charge is 0.309 e. The van der Waals surface area contributed by atoms with Crippen LogP contribution in [0.3, 0.4) is 0 Å². The molecule has 10 aromatic rings. The van der Waals surface area contributed by atoms with Gasteiger partial charge in [-0.2, -0.15) is 10.5 Å². The summed E-state index contributed by atoms with van der Waals surface area (Å²) in [6, 6.07) is 57.0. The number of pyridine rings is 1. The Bertz CT molecular complexity index is 3190. The number of hydrogen-bond acceptors (Lipinski definition) is 3. The Morgan fingerprint density at radius 1 is 0.434 bits per heavy atom. The Hall–Kier alpha value is -7.54. The van der Waals surface area contributed by atoms with Gasteiger partial charge in [0.1, 0.15) is 23.5 Å². The van der Waals surface area contributed by atoms with E-state index in [1.54, 1.807) is 0 Å². The average molecular weight is 680 g/mol. The quantitative estimate of drug-likeness (QED) is 0.186. The molecular formula is C47H26FN5. The first-order valence-corrected chi connectivity index (χ1v) is 17.3. The molecule has 0 aliphatic rings. The molecular weight excluding hydrogens is 654 g/mol. The SMILES string of the molecule is N#Cc1c(-n2c3ccccc3c3cc(-c4ccc5c6ccccc6n(-c6ccc(-c7ccccc7)cc6)c5c4)ccc32)nc2cc(F)ccc2c1C#N. The van der Waals surface area contributed by atoms with Crippen LogP contribution < -0.4 is 0 Å². The molecule has 0 saturated carbocycles. The minimum atomic E-state index is -0.461. The molecule has 10 rings (SSSR count). The fraction of sp³-hybridized carbons (Fsp3) is 0. The number of aromatic nitrogens is 3. The molecule has 5 nitrogen and oxygen atoms in total. The lowest BCUT2D eigenvalue weighted by Crippen LogP contribution is -2.04. The summed E-state index contributed by atoms with van der Waals surface area (Å²) in [5, 5.41) is 25.3. The summed E-state index contributed by atoms with van der Waals surface area (Å²) in [6.07, 6.45) is 0. The fourth-order valence-corrected chi connectivity index (χ4v) is 7.85. The van der Waals surface area contributed by atoms with Crippen molar-refractivity contribution in [3.05, 3.63) is 175 Å². The van der Waals surface area contributed by atoms with Crippen LogP contribution in [0.2, 0.25) is 0 Å². The van der Waals surface area contributed by atoms with E-state index >= 15 is 0 Å². The predicted octanol–water partition coefficient (Wildman–Crippen LogP) is 11.6. The molecule has 0 fully saturated rings. The van der Waals surface area contributed by atoms with Crippen molar-refractivity contribution >= 4 is 54.5 Å². The zero-order chi connectivity index (χ0) is 35.6. The van der Waals surface area contributed by atoms with Gasteiger partial charge in [-0.05, 0) is 76.9 Å². The minimum Gasteiger partial charge on any atom is -0.309 e.